The van der Waals surface area contributed by atoms with Crippen molar-refractivity contribution in [2.24, 2.45) is 7.05 Å². The molecule has 0 N–H and O–H groups in total. The Labute approximate surface area is 155 Å². The van der Waals surface area contributed by atoms with E-state index in [4.69, 9.17) is 10.1 Å². The molecule has 0 bridgehead atoms. The monoisotopic (exact) mass is 362 g/mol. The Kier molecular flexibility index (Phi) is 6.17. The van der Waals surface area contributed by atoms with Crippen LogP contribution in [0.5, 0.6) is 0 Å². The van der Waals surface area contributed by atoms with Gasteiger partial charge in [0.15, 0.2) is 11.6 Å². The average molecular weight is 363 g/mol. The Hall–Kier alpha value is -1.34. The molecule has 0 aromatic carbocycles. The first-order chi connectivity index (χ1) is 12.1. The molecule has 6 nitrogen and oxygen atoms in total. The van der Waals surface area contributed by atoms with Crippen LogP contribution in [-0.4, -0.2) is 61.6 Å². The molecule has 3 heterocycles. The Morgan fingerprint density at radius 1 is 1.16 bits per heavy atom. The van der Waals surface area contributed by atoms with Gasteiger partial charge in [0.25, 0.3) is 0 Å². The minimum Gasteiger partial charge on any atom is -0.306 e. The molecule has 0 amide bonds. The number of piperidine rings is 1. The van der Waals surface area contributed by atoms with E-state index in [1.54, 1.807) is 0 Å². The molecule has 1 aliphatic heterocycles. The van der Waals surface area contributed by atoms with Crippen LogP contribution in [0.2, 0.25) is 0 Å². The number of aromatic nitrogens is 5. The van der Waals surface area contributed by atoms with E-state index >= 15 is 0 Å². The van der Waals surface area contributed by atoms with Gasteiger partial charge in [0, 0.05) is 19.2 Å². The molecule has 2 aromatic heterocycles. The molecule has 0 saturated carbocycles. The highest BCUT2D eigenvalue weighted by Gasteiger charge is 2.25. The van der Waals surface area contributed by atoms with Crippen molar-refractivity contribution in [1.82, 2.24) is 29.4 Å². The van der Waals surface area contributed by atoms with Crippen molar-refractivity contribution in [3.63, 3.8) is 0 Å². The summed E-state index contributed by atoms with van der Waals surface area (Å²) in [5.41, 5.74) is 2.23. The van der Waals surface area contributed by atoms with Crippen LogP contribution in [0.15, 0.2) is 6.07 Å². The van der Waals surface area contributed by atoms with Gasteiger partial charge in [0.1, 0.15) is 5.69 Å². The van der Waals surface area contributed by atoms with E-state index in [2.05, 4.69) is 41.0 Å². The molecule has 0 radical (unpaired) electrons. The van der Waals surface area contributed by atoms with E-state index < -0.39 is 0 Å². The van der Waals surface area contributed by atoms with E-state index in [-0.39, 0.29) is 0 Å². The summed E-state index contributed by atoms with van der Waals surface area (Å²) in [4.78, 5) is 7.30. The fourth-order valence-corrected chi connectivity index (χ4v) is 3.84. The standard InChI is InChI=1S/C18H30N6S/c1-5-6-14-13-16(23(3)20-14)18-19-17(9-12-25-4)21-24(18)15-7-10-22(2)11-8-15/h13,15H,5-12H2,1-4H3. The highest BCUT2D eigenvalue weighted by Crippen LogP contribution is 2.28. The second-order valence-electron chi connectivity index (χ2n) is 6.97. The topological polar surface area (TPSA) is 51.8 Å². The fraction of sp³-hybridized carbons (Fsp3) is 0.722. The number of rotatable bonds is 7. The normalized spacial score (nSPS) is 16.6. The zero-order valence-corrected chi connectivity index (χ0v) is 16.7. The van der Waals surface area contributed by atoms with E-state index in [9.17, 15) is 0 Å². The lowest BCUT2D eigenvalue weighted by Crippen LogP contribution is -2.32. The van der Waals surface area contributed by atoms with Crippen molar-refractivity contribution in [1.29, 1.82) is 0 Å². The highest BCUT2D eigenvalue weighted by molar-refractivity contribution is 7.98. The van der Waals surface area contributed by atoms with Gasteiger partial charge in [0.05, 0.1) is 11.7 Å². The van der Waals surface area contributed by atoms with Crippen molar-refractivity contribution in [3.8, 4) is 11.5 Å². The van der Waals surface area contributed by atoms with Gasteiger partial charge in [0.2, 0.25) is 0 Å². The van der Waals surface area contributed by atoms with Gasteiger partial charge >= 0.3 is 0 Å². The third kappa shape index (κ3) is 4.26. The summed E-state index contributed by atoms with van der Waals surface area (Å²) in [6.07, 6.45) is 7.44. The minimum absolute atomic E-state index is 0.436. The molecule has 1 fully saturated rings. The van der Waals surface area contributed by atoms with E-state index in [1.165, 1.54) is 0 Å². The van der Waals surface area contributed by atoms with E-state index in [0.717, 1.165) is 74.0 Å². The lowest BCUT2D eigenvalue weighted by atomic mass is 10.1. The van der Waals surface area contributed by atoms with Gasteiger partial charge in [-0.1, -0.05) is 13.3 Å². The molecule has 0 spiro atoms. The summed E-state index contributed by atoms with van der Waals surface area (Å²) in [6.45, 7) is 4.43. The van der Waals surface area contributed by atoms with Crippen LogP contribution in [0, 0.1) is 0 Å². The number of hydrogen-bond acceptors (Lipinski definition) is 5. The van der Waals surface area contributed by atoms with Gasteiger partial charge in [-0.25, -0.2) is 9.67 Å². The Morgan fingerprint density at radius 2 is 1.92 bits per heavy atom. The first kappa shape index (κ1) is 18.5. The lowest BCUT2D eigenvalue weighted by Gasteiger charge is -2.29. The number of thioether (sulfide) groups is 1. The molecular formula is C18H30N6S. The second-order valence-corrected chi connectivity index (χ2v) is 7.95. The quantitative estimate of drug-likeness (QED) is 0.758. The predicted molar refractivity (Wildman–Crippen MR) is 104 cm³/mol. The number of likely N-dealkylation sites (tertiary alicyclic amines) is 1. The Bertz CT molecular complexity index is 684. The first-order valence-electron chi connectivity index (χ1n) is 9.28. The Morgan fingerprint density at radius 3 is 2.60 bits per heavy atom. The summed E-state index contributed by atoms with van der Waals surface area (Å²) in [6, 6.07) is 2.63. The van der Waals surface area contributed by atoms with Crippen LogP contribution >= 0.6 is 11.8 Å². The van der Waals surface area contributed by atoms with Crippen molar-refractivity contribution in [3.05, 3.63) is 17.6 Å². The smallest absolute Gasteiger partial charge is 0.176 e. The predicted octanol–water partition coefficient (Wildman–Crippen LogP) is 2.80. The third-order valence-corrected chi connectivity index (χ3v) is 5.52. The van der Waals surface area contributed by atoms with Crippen molar-refractivity contribution in [2.75, 3.05) is 32.1 Å². The van der Waals surface area contributed by atoms with E-state index in [1.807, 2.05) is 23.5 Å². The van der Waals surface area contributed by atoms with Crippen molar-refractivity contribution in [2.45, 2.75) is 45.1 Å². The Balaban J connectivity index is 1.94. The molecule has 3 rings (SSSR count). The van der Waals surface area contributed by atoms with E-state index in [0.29, 0.717) is 6.04 Å². The minimum atomic E-state index is 0.436. The van der Waals surface area contributed by atoms with Crippen LogP contribution in [0.1, 0.15) is 43.7 Å². The fourth-order valence-electron chi connectivity index (χ4n) is 3.45. The zero-order valence-electron chi connectivity index (χ0n) is 15.9. The molecule has 138 valence electrons. The SMILES string of the molecule is CCCc1cc(-c2nc(CCSC)nn2C2CCN(C)CC2)n(C)n1. The molecule has 25 heavy (non-hydrogen) atoms. The maximum Gasteiger partial charge on any atom is 0.176 e. The maximum atomic E-state index is 4.91. The molecule has 0 aliphatic carbocycles. The second kappa shape index (κ2) is 8.36. The maximum absolute atomic E-state index is 4.91. The molecule has 1 aliphatic rings. The zero-order chi connectivity index (χ0) is 17.8. The largest absolute Gasteiger partial charge is 0.306 e. The molecule has 0 unspecified atom stereocenters. The lowest BCUT2D eigenvalue weighted by molar-refractivity contribution is 0.213. The summed E-state index contributed by atoms with van der Waals surface area (Å²) < 4.78 is 4.16. The van der Waals surface area contributed by atoms with Crippen molar-refractivity contribution < 1.29 is 0 Å². The molecule has 1 saturated heterocycles. The molecule has 0 atom stereocenters. The van der Waals surface area contributed by atoms with Gasteiger partial charge < -0.3 is 4.90 Å². The van der Waals surface area contributed by atoms with Gasteiger partial charge in [-0.3, -0.25) is 4.68 Å². The number of nitrogens with zero attached hydrogens (tertiary/aromatic N) is 6. The summed E-state index contributed by atoms with van der Waals surface area (Å²) in [5.74, 6) is 3.01. The molecule has 2 aromatic rings. The third-order valence-electron chi connectivity index (χ3n) is 4.90. The summed E-state index contributed by atoms with van der Waals surface area (Å²) in [5, 5.41) is 9.57. The highest BCUT2D eigenvalue weighted by atomic mass is 32.2. The van der Waals surface area contributed by atoms with Crippen LogP contribution in [0.4, 0.5) is 0 Å². The average Bonchev–Trinajstić information content (AvgIpc) is 3.17. The molecular weight excluding hydrogens is 332 g/mol. The van der Waals surface area contributed by atoms with Crippen LogP contribution in [0.3, 0.4) is 0 Å². The summed E-state index contributed by atoms with van der Waals surface area (Å²) >= 11 is 1.84. The van der Waals surface area contributed by atoms with Crippen molar-refractivity contribution >= 4 is 11.8 Å². The summed E-state index contributed by atoms with van der Waals surface area (Å²) in [7, 11) is 4.21. The number of aryl methyl sites for hydroxylation is 3. The van der Waals surface area contributed by atoms with Crippen LogP contribution in [0.25, 0.3) is 11.5 Å². The van der Waals surface area contributed by atoms with Crippen LogP contribution < -0.4 is 0 Å². The van der Waals surface area contributed by atoms with Gasteiger partial charge in [-0.05, 0) is 51.7 Å². The van der Waals surface area contributed by atoms with Gasteiger partial charge in [-0.2, -0.15) is 22.0 Å². The first-order valence-corrected chi connectivity index (χ1v) is 10.7. The van der Waals surface area contributed by atoms with Gasteiger partial charge in [-0.15, -0.1) is 0 Å². The number of hydrogen-bond donors (Lipinski definition) is 0. The van der Waals surface area contributed by atoms with Crippen LogP contribution in [-0.2, 0) is 19.9 Å². The molecule has 7 heteroatoms.